The van der Waals surface area contributed by atoms with Gasteiger partial charge in [0, 0.05) is 37.6 Å². The molecule has 0 unspecified atom stereocenters. The molecule has 0 atom stereocenters. The molecule has 0 radical (unpaired) electrons. The van der Waals surface area contributed by atoms with Crippen molar-refractivity contribution >= 4 is 6.03 Å². The van der Waals surface area contributed by atoms with Gasteiger partial charge in [0.05, 0.1) is 5.60 Å². The number of hydrogen-bond donors (Lipinski definition) is 2. The number of carbonyl (C=O) groups is 1. The second-order valence-electron chi connectivity index (χ2n) is 5.90. The summed E-state index contributed by atoms with van der Waals surface area (Å²) in [5.74, 6) is 0. The van der Waals surface area contributed by atoms with Crippen molar-refractivity contribution < 1.29 is 9.90 Å². The van der Waals surface area contributed by atoms with Gasteiger partial charge in [-0.25, -0.2) is 4.79 Å². The minimum absolute atomic E-state index is 0.0814. The molecular weight excluding hydrogens is 290 g/mol. The third kappa shape index (κ3) is 3.68. The average Bonchev–Trinajstić information content (AvgIpc) is 2.62. The van der Waals surface area contributed by atoms with Crippen LogP contribution in [0.5, 0.6) is 0 Å². The molecule has 2 heterocycles. The Balaban J connectivity index is 1.53. The van der Waals surface area contributed by atoms with Crippen LogP contribution in [0.3, 0.4) is 0 Å². The van der Waals surface area contributed by atoms with Crippen molar-refractivity contribution in [2.75, 3.05) is 13.1 Å². The number of amides is 2. The Morgan fingerprint density at radius 3 is 2.57 bits per heavy atom. The van der Waals surface area contributed by atoms with Gasteiger partial charge >= 0.3 is 6.03 Å². The van der Waals surface area contributed by atoms with E-state index in [1.165, 1.54) is 0 Å². The number of urea groups is 1. The fourth-order valence-corrected chi connectivity index (χ4v) is 2.89. The Bertz CT molecular complexity index is 638. The van der Waals surface area contributed by atoms with Gasteiger partial charge in [-0.1, -0.05) is 36.4 Å². The van der Waals surface area contributed by atoms with Crippen LogP contribution in [-0.4, -0.2) is 34.1 Å². The Morgan fingerprint density at radius 1 is 1.17 bits per heavy atom. The maximum absolute atomic E-state index is 12.2. The zero-order valence-corrected chi connectivity index (χ0v) is 13.0. The summed E-state index contributed by atoms with van der Waals surface area (Å²) < 4.78 is 0. The summed E-state index contributed by atoms with van der Waals surface area (Å²) in [4.78, 5) is 18.1. The van der Waals surface area contributed by atoms with Gasteiger partial charge in [-0.3, -0.25) is 4.98 Å². The van der Waals surface area contributed by atoms with E-state index in [0.29, 0.717) is 32.5 Å². The van der Waals surface area contributed by atoms with Crippen molar-refractivity contribution in [2.24, 2.45) is 0 Å². The van der Waals surface area contributed by atoms with E-state index in [2.05, 4.69) is 10.3 Å². The highest BCUT2D eigenvalue weighted by molar-refractivity contribution is 5.74. The average molecular weight is 311 g/mol. The number of nitrogens with zero attached hydrogens (tertiary/aromatic N) is 2. The molecule has 0 aliphatic carbocycles. The van der Waals surface area contributed by atoms with Gasteiger partial charge in [0.15, 0.2) is 0 Å². The molecule has 5 nitrogen and oxygen atoms in total. The molecule has 0 saturated carbocycles. The maximum atomic E-state index is 12.2. The molecule has 1 aromatic heterocycles. The standard InChI is InChI=1S/C18H21N3O2/c22-17(20-13-15-5-2-1-3-6-15)21-11-8-18(23,9-12-21)16-7-4-10-19-14-16/h1-7,10,14,23H,8-9,11-13H2,(H,20,22). The Labute approximate surface area is 136 Å². The molecule has 1 saturated heterocycles. The molecule has 1 fully saturated rings. The molecular formula is C18H21N3O2. The van der Waals surface area contributed by atoms with Crippen LogP contribution < -0.4 is 5.32 Å². The second kappa shape index (κ2) is 6.79. The van der Waals surface area contributed by atoms with Gasteiger partial charge in [-0.15, -0.1) is 0 Å². The summed E-state index contributed by atoms with van der Waals surface area (Å²) in [5.41, 5.74) is 1.01. The Kier molecular flexibility index (Phi) is 4.57. The number of carbonyl (C=O) groups excluding carboxylic acids is 1. The third-order valence-corrected chi connectivity index (χ3v) is 4.36. The molecule has 0 bridgehead atoms. The van der Waals surface area contributed by atoms with Gasteiger partial charge in [-0.2, -0.15) is 0 Å². The first-order valence-corrected chi connectivity index (χ1v) is 7.87. The molecule has 3 rings (SSSR count). The first kappa shape index (κ1) is 15.5. The zero-order chi connectivity index (χ0) is 16.1. The molecule has 1 aromatic carbocycles. The maximum Gasteiger partial charge on any atom is 0.317 e. The van der Waals surface area contributed by atoms with Crippen LogP contribution in [0.2, 0.25) is 0 Å². The lowest BCUT2D eigenvalue weighted by atomic mass is 9.85. The molecule has 2 amide bonds. The molecule has 23 heavy (non-hydrogen) atoms. The van der Waals surface area contributed by atoms with E-state index >= 15 is 0 Å². The lowest BCUT2D eigenvalue weighted by molar-refractivity contribution is -0.0170. The summed E-state index contributed by atoms with van der Waals surface area (Å²) in [5, 5.41) is 13.7. The fourth-order valence-electron chi connectivity index (χ4n) is 2.89. The number of piperidine rings is 1. The SMILES string of the molecule is O=C(NCc1ccccc1)N1CCC(O)(c2cccnc2)CC1. The predicted octanol–water partition coefficient (Wildman–Crippen LogP) is 2.27. The monoisotopic (exact) mass is 311 g/mol. The summed E-state index contributed by atoms with van der Waals surface area (Å²) in [6.07, 6.45) is 4.44. The predicted molar refractivity (Wildman–Crippen MR) is 87.6 cm³/mol. The van der Waals surface area contributed by atoms with Crippen LogP contribution in [0, 0.1) is 0 Å². The third-order valence-electron chi connectivity index (χ3n) is 4.36. The number of likely N-dealkylation sites (tertiary alicyclic amines) is 1. The van der Waals surface area contributed by atoms with Crippen LogP contribution in [0.15, 0.2) is 54.9 Å². The summed E-state index contributed by atoms with van der Waals surface area (Å²) in [7, 11) is 0. The summed E-state index contributed by atoms with van der Waals surface area (Å²) >= 11 is 0. The minimum atomic E-state index is -0.884. The highest BCUT2D eigenvalue weighted by Crippen LogP contribution is 2.32. The normalized spacial score (nSPS) is 16.8. The lowest BCUT2D eigenvalue weighted by Gasteiger charge is -2.38. The van der Waals surface area contributed by atoms with Gasteiger partial charge in [-0.05, 0) is 24.5 Å². The number of benzene rings is 1. The van der Waals surface area contributed by atoms with Gasteiger partial charge in [0.2, 0.25) is 0 Å². The van der Waals surface area contributed by atoms with Gasteiger partial charge in [0.25, 0.3) is 0 Å². The molecule has 2 aromatic rings. The van der Waals surface area contributed by atoms with E-state index in [-0.39, 0.29) is 6.03 Å². The quantitative estimate of drug-likeness (QED) is 0.914. The minimum Gasteiger partial charge on any atom is -0.385 e. The summed E-state index contributed by atoms with van der Waals surface area (Å²) in [6.45, 7) is 1.58. The first-order valence-electron chi connectivity index (χ1n) is 7.87. The van der Waals surface area contributed by atoms with Gasteiger partial charge in [0.1, 0.15) is 0 Å². The summed E-state index contributed by atoms with van der Waals surface area (Å²) in [6, 6.07) is 13.5. The molecule has 0 spiro atoms. The van der Waals surface area contributed by atoms with Crippen LogP contribution in [0.4, 0.5) is 4.79 Å². The lowest BCUT2D eigenvalue weighted by Crippen LogP contribution is -2.48. The van der Waals surface area contributed by atoms with Gasteiger partial charge < -0.3 is 15.3 Å². The largest absolute Gasteiger partial charge is 0.385 e. The van der Waals surface area contributed by atoms with E-state index in [9.17, 15) is 9.90 Å². The van der Waals surface area contributed by atoms with Crippen molar-refractivity contribution in [1.82, 2.24) is 15.2 Å². The number of aliphatic hydroxyl groups is 1. The molecule has 1 aliphatic rings. The van der Waals surface area contributed by atoms with E-state index in [1.807, 2.05) is 42.5 Å². The van der Waals surface area contributed by atoms with Crippen molar-refractivity contribution in [1.29, 1.82) is 0 Å². The van der Waals surface area contributed by atoms with Crippen LogP contribution in [0.25, 0.3) is 0 Å². The smallest absolute Gasteiger partial charge is 0.317 e. The van der Waals surface area contributed by atoms with Crippen molar-refractivity contribution in [3.63, 3.8) is 0 Å². The van der Waals surface area contributed by atoms with E-state index in [1.54, 1.807) is 17.3 Å². The molecule has 1 aliphatic heterocycles. The number of rotatable bonds is 3. The first-order chi connectivity index (χ1) is 11.2. The number of pyridine rings is 1. The van der Waals surface area contributed by atoms with Crippen LogP contribution in [-0.2, 0) is 12.1 Å². The van der Waals surface area contributed by atoms with E-state index < -0.39 is 5.60 Å². The zero-order valence-electron chi connectivity index (χ0n) is 13.0. The van der Waals surface area contributed by atoms with Crippen LogP contribution >= 0.6 is 0 Å². The van der Waals surface area contributed by atoms with Crippen molar-refractivity contribution in [2.45, 2.75) is 25.0 Å². The number of hydrogen-bond acceptors (Lipinski definition) is 3. The molecule has 2 N–H and O–H groups in total. The Morgan fingerprint density at radius 2 is 1.91 bits per heavy atom. The van der Waals surface area contributed by atoms with E-state index in [0.717, 1.165) is 11.1 Å². The topological polar surface area (TPSA) is 65.5 Å². The molecule has 5 heteroatoms. The highest BCUT2D eigenvalue weighted by atomic mass is 16.3. The van der Waals surface area contributed by atoms with Crippen LogP contribution in [0.1, 0.15) is 24.0 Å². The highest BCUT2D eigenvalue weighted by Gasteiger charge is 2.35. The second-order valence-corrected chi connectivity index (χ2v) is 5.90. The van der Waals surface area contributed by atoms with Crippen molar-refractivity contribution in [3.05, 3.63) is 66.0 Å². The number of nitrogens with one attached hydrogen (secondary N) is 1. The molecule has 120 valence electrons. The van der Waals surface area contributed by atoms with Crippen molar-refractivity contribution in [3.8, 4) is 0 Å². The Hall–Kier alpha value is -2.40. The van der Waals surface area contributed by atoms with E-state index in [4.69, 9.17) is 0 Å². The number of aromatic nitrogens is 1. The fraction of sp³-hybridized carbons (Fsp3) is 0.333.